The molecule has 0 atom stereocenters. The lowest BCUT2D eigenvalue weighted by atomic mass is 10.3. The first-order chi connectivity index (χ1) is 15.8. The van der Waals surface area contributed by atoms with E-state index in [-0.39, 0.29) is 35.0 Å². The molecule has 4 aromatic heterocycles. The van der Waals surface area contributed by atoms with Crippen LogP contribution in [0.4, 0.5) is 5.69 Å². The SMILES string of the molecule is COc1nc(C)ncc1-n1nc(OCCCn2cc(C)c3cnc(Cl)nc32)c([N+](=O)[O-])c1C. The Labute approximate surface area is 193 Å². The third kappa shape index (κ3) is 4.29. The Balaban J connectivity index is 1.54. The Hall–Kier alpha value is -3.80. The molecule has 13 heteroatoms. The topological polar surface area (TPSA) is 136 Å². The number of ether oxygens (including phenoxy) is 2. The number of fused-ring (bicyclic) bond motifs is 1. The highest BCUT2D eigenvalue weighted by Gasteiger charge is 2.29. The number of aromatic nitrogens is 7. The van der Waals surface area contributed by atoms with Gasteiger partial charge in [-0.1, -0.05) is 0 Å². The summed E-state index contributed by atoms with van der Waals surface area (Å²) in [6, 6.07) is 0. The second-order valence-corrected chi connectivity index (χ2v) is 7.64. The van der Waals surface area contributed by atoms with Crippen molar-refractivity contribution in [2.75, 3.05) is 13.7 Å². The molecule has 0 aliphatic rings. The highest BCUT2D eigenvalue weighted by molar-refractivity contribution is 6.28. The summed E-state index contributed by atoms with van der Waals surface area (Å²) in [5, 5.41) is 17.1. The van der Waals surface area contributed by atoms with Gasteiger partial charge in [-0.05, 0) is 44.4 Å². The fraction of sp³-hybridized carbons (Fsp3) is 0.350. The summed E-state index contributed by atoms with van der Waals surface area (Å²) in [5.41, 5.74) is 2.19. The van der Waals surface area contributed by atoms with Crippen molar-refractivity contribution < 1.29 is 14.4 Å². The van der Waals surface area contributed by atoms with Gasteiger partial charge in [-0.15, -0.1) is 5.10 Å². The summed E-state index contributed by atoms with van der Waals surface area (Å²) in [4.78, 5) is 27.9. The van der Waals surface area contributed by atoms with E-state index in [4.69, 9.17) is 21.1 Å². The molecule has 0 fully saturated rings. The van der Waals surface area contributed by atoms with Crippen molar-refractivity contribution in [2.24, 2.45) is 0 Å². The molecule has 12 nitrogen and oxygen atoms in total. The Bertz CT molecular complexity index is 1350. The molecule has 4 rings (SSSR count). The maximum Gasteiger partial charge on any atom is 0.353 e. The van der Waals surface area contributed by atoms with E-state index in [1.165, 1.54) is 18.0 Å². The largest absolute Gasteiger partial charge is 0.479 e. The van der Waals surface area contributed by atoms with Gasteiger partial charge in [0.15, 0.2) is 0 Å². The van der Waals surface area contributed by atoms with Crippen LogP contribution in [-0.4, -0.2) is 52.9 Å². The van der Waals surface area contributed by atoms with E-state index in [9.17, 15) is 10.1 Å². The van der Waals surface area contributed by atoms with Crippen molar-refractivity contribution in [3.05, 3.63) is 51.1 Å². The van der Waals surface area contributed by atoms with Crippen LogP contribution in [0.25, 0.3) is 16.7 Å². The van der Waals surface area contributed by atoms with Gasteiger partial charge >= 0.3 is 11.6 Å². The number of halogens is 1. The van der Waals surface area contributed by atoms with Gasteiger partial charge in [0, 0.05) is 24.3 Å². The van der Waals surface area contributed by atoms with Crippen LogP contribution in [0, 0.1) is 30.9 Å². The van der Waals surface area contributed by atoms with Crippen molar-refractivity contribution in [3.8, 4) is 17.4 Å². The minimum Gasteiger partial charge on any atom is -0.479 e. The molecule has 0 radical (unpaired) electrons. The maximum absolute atomic E-state index is 11.7. The minimum atomic E-state index is -0.516. The minimum absolute atomic E-state index is 0.0842. The quantitative estimate of drug-likeness (QED) is 0.163. The van der Waals surface area contributed by atoms with Crippen molar-refractivity contribution in [1.82, 2.24) is 34.3 Å². The molecule has 0 amide bonds. The van der Waals surface area contributed by atoms with E-state index in [0.29, 0.717) is 24.5 Å². The summed E-state index contributed by atoms with van der Waals surface area (Å²) in [5.74, 6) is 0.676. The smallest absolute Gasteiger partial charge is 0.353 e. The van der Waals surface area contributed by atoms with Crippen molar-refractivity contribution in [2.45, 2.75) is 33.7 Å². The zero-order valence-electron chi connectivity index (χ0n) is 18.4. The first-order valence-electron chi connectivity index (χ1n) is 10.0. The van der Waals surface area contributed by atoms with E-state index in [1.807, 2.05) is 17.7 Å². The number of nitro groups is 1. The lowest BCUT2D eigenvalue weighted by Gasteiger charge is -2.08. The fourth-order valence-corrected chi connectivity index (χ4v) is 3.67. The number of hydrogen-bond acceptors (Lipinski definition) is 9. The Morgan fingerprint density at radius 3 is 2.67 bits per heavy atom. The number of nitrogens with zero attached hydrogens (tertiary/aromatic N) is 8. The summed E-state index contributed by atoms with van der Waals surface area (Å²) >= 11 is 5.93. The van der Waals surface area contributed by atoms with Gasteiger partial charge in [-0.25, -0.2) is 14.6 Å². The average Bonchev–Trinajstić information content (AvgIpc) is 3.27. The lowest BCUT2D eigenvalue weighted by Crippen LogP contribution is -2.07. The first kappa shape index (κ1) is 22.4. The van der Waals surface area contributed by atoms with E-state index in [2.05, 4.69) is 25.0 Å². The predicted molar refractivity (Wildman–Crippen MR) is 119 cm³/mol. The molecule has 4 aromatic rings. The molecule has 0 aromatic carbocycles. The van der Waals surface area contributed by atoms with E-state index in [1.54, 1.807) is 20.0 Å². The molecule has 33 heavy (non-hydrogen) atoms. The molecular weight excluding hydrogens is 452 g/mol. The number of hydrogen-bond donors (Lipinski definition) is 0. The highest BCUT2D eigenvalue weighted by Crippen LogP contribution is 2.33. The maximum atomic E-state index is 11.7. The lowest BCUT2D eigenvalue weighted by molar-refractivity contribution is -0.386. The monoisotopic (exact) mass is 472 g/mol. The molecule has 0 aliphatic carbocycles. The van der Waals surface area contributed by atoms with Crippen LogP contribution in [0.5, 0.6) is 11.8 Å². The molecule has 0 saturated carbocycles. The van der Waals surface area contributed by atoms with Crippen LogP contribution >= 0.6 is 11.6 Å². The molecule has 0 unspecified atom stereocenters. The second-order valence-electron chi connectivity index (χ2n) is 7.30. The zero-order valence-corrected chi connectivity index (χ0v) is 19.2. The molecule has 0 spiro atoms. The molecule has 172 valence electrons. The van der Waals surface area contributed by atoms with Crippen LogP contribution in [0.1, 0.15) is 23.5 Å². The molecule has 0 bridgehead atoms. The molecule has 4 heterocycles. The second kappa shape index (κ2) is 8.98. The summed E-state index contributed by atoms with van der Waals surface area (Å²) in [6.45, 7) is 6.04. The van der Waals surface area contributed by atoms with E-state index in [0.717, 1.165) is 16.6 Å². The van der Waals surface area contributed by atoms with Gasteiger partial charge in [-0.2, -0.15) is 9.97 Å². The molecule has 0 saturated heterocycles. The zero-order chi connectivity index (χ0) is 23.7. The third-order valence-electron chi connectivity index (χ3n) is 5.08. The van der Waals surface area contributed by atoms with Crippen molar-refractivity contribution in [1.29, 1.82) is 0 Å². The predicted octanol–water partition coefficient (Wildman–Crippen LogP) is 3.37. The number of rotatable bonds is 8. The highest BCUT2D eigenvalue weighted by atomic mass is 35.5. The van der Waals surface area contributed by atoms with Crippen molar-refractivity contribution >= 4 is 28.3 Å². The van der Waals surface area contributed by atoms with Gasteiger partial charge in [0.2, 0.25) is 11.2 Å². The van der Waals surface area contributed by atoms with E-state index < -0.39 is 4.92 Å². The Kier molecular flexibility index (Phi) is 6.09. The standard InChI is InChI=1S/C20H21ClN8O4/c1-11-10-27(17-14(11)8-23-20(21)25-17)6-5-7-33-19-16(29(30)31)12(2)28(26-19)15-9-22-13(3)24-18(15)32-4/h8-10H,5-7H2,1-4H3. The van der Waals surface area contributed by atoms with Crippen LogP contribution in [0.15, 0.2) is 18.6 Å². The van der Waals surface area contributed by atoms with Crippen molar-refractivity contribution in [3.63, 3.8) is 0 Å². The summed E-state index contributed by atoms with van der Waals surface area (Å²) < 4.78 is 14.3. The van der Waals surface area contributed by atoms with Crippen LogP contribution in [0.2, 0.25) is 5.28 Å². The van der Waals surface area contributed by atoms with Gasteiger partial charge < -0.3 is 14.0 Å². The summed E-state index contributed by atoms with van der Waals surface area (Å²) in [6.07, 6.45) is 5.71. The Morgan fingerprint density at radius 2 is 1.94 bits per heavy atom. The fourth-order valence-electron chi connectivity index (χ4n) is 3.54. The van der Waals surface area contributed by atoms with Gasteiger partial charge in [0.1, 0.15) is 22.9 Å². The summed E-state index contributed by atoms with van der Waals surface area (Å²) in [7, 11) is 1.46. The van der Waals surface area contributed by atoms with Gasteiger partial charge in [0.25, 0.3) is 0 Å². The normalized spacial score (nSPS) is 11.2. The van der Waals surface area contributed by atoms with Crippen LogP contribution < -0.4 is 9.47 Å². The average molecular weight is 473 g/mol. The molecule has 0 N–H and O–H groups in total. The molecule has 0 aliphatic heterocycles. The first-order valence-corrected chi connectivity index (χ1v) is 10.4. The van der Waals surface area contributed by atoms with Crippen LogP contribution in [-0.2, 0) is 6.54 Å². The Morgan fingerprint density at radius 1 is 1.15 bits per heavy atom. The number of methoxy groups -OCH3 is 1. The third-order valence-corrected chi connectivity index (χ3v) is 5.26. The van der Waals surface area contributed by atoms with Crippen LogP contribution in [0.3, 0.4) is 0 Å². The van der Waals surface area contributed by atoms with E-state index >= 15 is 0 Å². The number of aryl methyl sites for hydroxylation is 3. The van der Waals surface area contributed by atoms with Gasteiger partial charge in [0.05, 0.1) is 24.8 Å². The van der Waals surface area contributed by atoms with Gasteiger partial charge in [-0.3, -0.25) is 10.1 Å². The molecular formula is C20H21ClN8O4.